The summed E-state index contributed by atoms with van der Waals surface area (Å²) in [6.45, 7) is 4.44. The lowest BCUT2D eigenvalue weighted by Gasteiger charge is -2.45. The van der Waals surface area contributed by atoms with Gasteiger partial charge in [-0.25, -0.2) is 0 Å². The summed E-state index contributed by atoms with van der Waals surface area (Å²) in [5.74, 6) is 1.88. The van der Waals surface area contributed by atoms with Crippen molar-refractivity contribution in [2.75, 3.05) is 0 Å². The average Bonchev–Trinajstić information content (AvgIpc) is 2.59. The van der Waals surface area contributed by atoms with E-state index in [0.717, 1.165) is 25.7 Å². The second kappa shape index (κ2) is 8.03. The molecule has 2 fully saturated rings. The van der Waals surface area contributed by atoms with E-state index in [1.54, 1.807) is 0 Å². The highest BCUT2D eigenvalue weighted by Crippen LogP contribution is 2.38. The molecule has 25 heavy (non-hydrogen) atoms. The lowest BCUT2D eigenvalue weighted by atomic mass is 9.67. The summed E-state index contributed by atoms with van der Waals surface area (Å²) in [6.07, 6.45) is 4.95. The molecular formula is C21H30N2O2. The molecule has 2 aliphatic rings. The molecule has 0 radical (unpaired) electrons. The summed E-state index contributed by atoms with van der Waals surface area (Å²) in [6, 6.07) is 10.5. The van der Waals surface area contributed by atoms with Crippen molar-refractivity contribution in [2.45, 2.75) is 64.5 Å². The van der Waals surface area contributed by atoms with Gasteiger partial charge < -0.3 is 10.6 Å². The van der Waals surface area contributed by atoms with E-state index in [1.165, 1.54) is 5.56 Å². The van der Waals surface area contributed by atoms with Crippen molar-refractivity contribution in [1.29, 1.82) is 0 Å². The van der Waals surface area contributed by atoms with E-state index in [2.05, 4.69) is 36.6 Å². The first kappa shape index (κ1) is 18.0. The number of piperidine rings is 1. The minimum absolute atomic E-state index is 0.120. The Morgan fingerprint density at radius 2 is 2.00 bits per heavy atom. The maximum Gasteiger partial charge on any atom is 0.220 e. The molecule has 1 aromatic carbocycles. The average molecular weight is 342 g/mol. The van der Waals surface area contributed by atoms with E-state index in [9.17, 15) is 9.59 Å². The molecular weight excluding hydrogens is 312 g/mol. The van der Waals surface area contributed by atoms with Crippen molar-refractivity contribution in [3.8, 4) is 0 Å². The Hall–Kier alpha value is -1.84. The fourth-order valence-electron chi connectivity index (χ4n) is 4.57. The monoisotopic (exact) mass is 342 g/mol. The molecule has 1 aliphatic heterocycles. The number of fused-ring (bicyclic) bond motifs is 1. The number of rotatable bonds is 5. The summed E-state index contributed by atoms with van der Waals surface area (Å²) in [5, 5.41) is 6.36. The van der Waals surface area contributed by atoms with Gasteiger partial charge >= 0.3 is 0 Å². The molecule has 1 saturated heterocycles. The van der Waals surface area contributed by atoms with Crippen LogP contribution in [0.5, 0.6) is 0 Å². The highest BCUT2D eigenvalue weighted by molar-refractivity contribution is 5.78. The predicted molar refractivity (Wildman–Crippen MR) is 98.9 cm³/mol. The molecule has 3 rings (SSSR count). The summed E-state index contributed by atoms with van der Waals surface area (Å²) in [7, 11) is 0. The number of carbonyl (C=O) groups excluding carboxylic acids is 2. The second-order valence-corrected chi connectivity index (χ2v) is 8.01. The highest BCUT2D eigenvalue weighted by Gasteiger charge is 2.41. The molecule has 4 atom stereocenters. The molecule has 0 bridgehead atoms. The van der Waals surface area contributed by atoms with Gasteiger partial charge in [0.05, 0.1) is 0 Å². The van der Waals surface area contributed by atoms with Gasteiger partial charge in [0.2, 0.25) is 11.8 Å². The Labute approximate surface area is 150 Å². The van der Waals surface area contributed by atoms with Crippen molar-refractivity contribution in [2.24, 2.45) is 17.8 Å². The number of benzene rings is 1. The van der Waals surface area contributed by atoms with E-state index in [0.29, 0.717) is 30.6 Å². The molecule has 136 valence electrons. The molecule has 1 aromatic rings. The van der Waals surface area contributed by atoms with Crippen LogP contribution in [0.2, 0.25) is 0 Å². The minimum Gasteiger partial charge on any atom is -0.353 e. The van der Waals surface area contributed by atoms with E-state index in [-0.39, 0.29) is 23.9 Å². The number of hydrogen-bond acceptors (Lipinski definition) is 2. The molecule has 1 saturated carbocycles. The van der Waals surface area contributed by atoms with E-state index >= 15 is 0 Å². The smallest absolute Gasteiger partial charge is 0.220 e. The molecule has 4 unspecified atom stereocenters. The fourth-order valence-corrected chi connectivity index (χ4v) is 4.57. The molecule has 4 heteroatoms. The minimum atomic E-state index is 0.120. The third-order valence-corrected chi connectivity index (χ3v) is 5.93. The third kappa shape index (κ3) is 4.62. The van der Waals surface area contributed by atoms with Crippen molar-refractivity contribution in [3.05, 3.63) is 35.9 Å². The van der Waals surface area contributed by atoms with Crippen LogP contribution in [-0.2, 0) is 16.0 Å². The summed E-state index contributed by atoms with van der Waals surface area (Å²) < 4.78 is 0. The normalized spacial score (nSPS) is 29.0. The van der Waals surface area contributed by atoms with Crippen LogP contribution in [-0.4, -0.2) is 23.9 Å². The summed E-state index contributed by atoms with van der Waals surface area (Å²) in [5.41, 5.74) is 1.20. The predicted octanol–water partition coefficient (Wildman–Crippen LogP) is 3.06. The van der Waals surface area contributed by atoms with Gasteiger partial charge in [-0.3, -0.25) is 9.59 Å². The quantitative estimate of drug-likeness (QED) is 0.864. The van der Waals surface area contributed by atoms with Gasteiger partial charge in [-0.05, 0) is 49.0 Å². The number of aryl methyl sites for hydroxylation is 1. The van der Waals surface area contributed by atoms with Crippen LogP contribution in [0.25, 0.3) is 0 Å². The van der Waals surface area contributed by atoms with Gasteiger partial charge in [-0.1, -0.05) is 44.2 Å². The van der Waals surface area contributed by atoms with Gasteiger partial charge in [0, 0.05) is 24.9 Å². The van der Waals surface area contributed by atoms with Gasteiger partial charge in [-0.2, -0.15) is 0 Å². The van der Waals surface area contributed by atoms with Crippen LogP contribution in [0.4, 0.5) is 0 Å². The third-order valence-electron chi connectivity index (χ3n) is 5.93. The molecule has 0 aromatic heterocycles. The van der Waals surface area contributed by atoms with Crippen molar-refractivity contribution in [3.63, 3.8) is 0 Å². The zero-order chi connectivity index (χ0) is 17.8. The maximum atomic E-state index is 12.3. The lowest BCUT2D eigenvalue weighted by molar-refractivity contribution is -0.128. The van der Waals surface area contributed by atoms with Crippen LogP contribution in [0, 0.1) is 17.8 Å². The van der Waals surface area contributed by atoms with Gasteiger partial charge in [0.15, 0.2) is 0 Å². The largest absolute Gasteiger partial charge is 0.353 e. The number of carbonyl (C=O) groups is 2. The van der Waals surface area contributed by atoms with Crippen molar-refractivity contribution < 1.29 is 9.59 Å². The summed E-state index contributed by atoms with van der Waals surface area (Å²) >= 11 is 0. The maximum absolute atomic E-state index is 12.3. The Morgan fingerprint density at radius 1 is 1.24 bits per heavy atom. The van der Waals surface area contributed by atoms with E-state index in [4.69, 9.17) is 0 Å². The van der Waals surface area contributed by atoms with Crippen LogP contribution >= 0.6 is 0 Å². The Kier molecular flexibility index (Phi) is 5.77. The second-order valence-electron chi connectivity index (χ2n) is 8.01. The molecule has 2 amide bonds. The number of amides is 2. The van der Waals surface area contributed by atoms with Crippen LogP contribution < -0.4 is 10.6 Å². The number of hydrogen-bond donors (Lipinski definition) is 2. The first-order valence-corrected chi connectivity index (χ1v) is 9.65. The molecule has 1 aliphatic carbocycles. The van der Waals surface area contributed by atoms with E-state index in [1.807, 2.05) is 18.2 Å². The molecule has 4 nitrogen and oxygen atoms in total. The standard InChI is InChI=1S/C21H30N2O2/c1-14(2)18-13-21(25)23-19-12-16(9-10-17(18)19)22-20(24)11-8-15-6-4-3-5-7-15/h3-7,14,16-19H,8-13H2,1-2H3,(H,22,24)(H,23,25). The van der Waals surface area contributed by atoms with Gasteiger partial charge in [0.1, 0.15) is 0 Å². The highest BCUT2D eigenvalue weighted by atomic mass is 16.2. The fraction of sp³-hybridized carbons (Fsp3) is 0.619. The Bertz CT molecular complexity index is 599. The van der Waals surface area contributed by atoms with Gasteiger partial charge in [0.25, 0.3) is 0 Å². The summed E-state index contributed by atoms with van der Waals surface area (Å²) in [4.78, 5) is 24.3. The van der Waals surface area contributed by atoms with Gasteiger partial charge in [-0.15, -0.1) is 0 Å². The first-order valence-electron chi connectivity index (χ1n) is 9.65. The molecule has 1 heterocycles. The van der Waals surface area contributed by atoms with E-state index < -0.39 is 0 Å². The first-order chi connectivity index (χ1) is 12.0. The van der Waals surface area contributed by atoms with Crippen molar-refractivity contribution >= 4 is 11.8 Å². The zero-order valence-electron chi connectivity index (χ0n) is 15.3. The zero-order valence-corrected chi connectivity index (χ0v) is 15.3. The Morgan fingerprint density at radius 3 is 2.72 bits per heavy atom. The van der Waals surface area contributed by atoms with Crippen LogP contribution in [0.15, 0.2) is 30.3 Å². The van der Waals surface area contributed by atoms with Crippen LogP contribution in [0.3, 0.4) is 0 Å². The molecule has 0 spiro atoms. The number of nitrogens with one attached hydrogen (secondary N) is 2. The molecule has 2 N–H and O–H groups in total. The topological polar surface area (TPSA) is 58.2 Å². The SMILES string of the molecule is CC(C)C1CC(=O)NC2CC(NC(=O)CCc3ccccc3)CCC21. The lowest BCUT2D eigenvalue weighted by Crippen LogP contribution is -2.56. The van der Waals surface area contributed by atoms with Crippen molar-refractivity contribution in [1.82, 2.24) is 10.6 Å². The van der Waals surface area contributed by atoms with Crippen LogP contribution in [0.1, 0.15) is 51.5 Å². The Balaban J connectivity index is 1.50.